The number of rotatable bonds is 3. The molecule has 2 aromatic heterocycles. The van der Waals surface area contributed by atoms with E-state index in [1.807, 2.05) is 28.2 Å². The summed E-state index contributed by atoms with van der Waals surface area (Å²) in [5, 5.41) is 7.23. The zero-order valence-electron chi connectivity index (χ0n) is 12.5. The summed E-state index contributed by atoms with van der Waals surface area (Å²) in [5.41, 5.74) is 3.08. The first kappa shape index (κ1) is 14.7. The van der Waals surface area contributed by atoms with E-state index >= 15 is 0 Å². The maximum absolute atomic E-state index is 11.5. The second-order valence-corrected chi connectivity index (χ2v) is 8.28. The number of nitrogens with zero attached hydrogens (tertiary/aromatic N) is 3. The van der Waals surface area contributed by atoms with Crippen molar-refractivity contribution in [2.75, 3.05) is 4.90 Å². The highest BCUT2D eigenvalue weighted by atomic mass is 32.2. The lowest BCUT2D eigenvalue weighted by molar-refractivity contribution is 0.597. The fourth-order valence-electron chi connectivity index (χ4n) is 3.12. The van der Waals surface area contributed by atoms with Gasteiger partial charge in [-0.15, -0.1) is 11.3 Å². The van der Waals surface area contributed by atoms with E-state index in [2.05, 4.69) is 16.8 Å². The molecule has 1 aromatic carbocycles. The van der Waals surface area contributed by atoms with Crippen molar-refractivity contribution in [3.05, 3.63) is 47.2 Å². The molecule has 1 atom stereocenters. The molecule has 23 heavy (non-hydrogen) atoms. The van der Waals surface area contributed by atoms with Gasteiger partial charge in [0.2, 0.25) is 10.0 Å². The number of anilines is 1. The Morgan fingerprint density at radius 1 is 1.43 bits per heavy atom. The Labute approximate surface area is 138 Å². The topological polar surface area (TPSA) is 80.7 Å². The summed E-state index contributed by atoms with van der Waals surface area (Å²) in [6, 6.07) is 5.40. The van der Waals surface area contributed by atoms with E-state index in [0.717, 1.165) is 28.3 Å². The number of hydrogen-bond donors (Lipinski definition) is 1. The molecule has 1 aliphatic heterocycles. The predicted molar refractivity (Wildman–Crippen MR) is 90.2 cm³/mol. The van der Waals surface area contributed by atoms with Crippen LogP contribution in [0.2, 0.25) is 0 Å². The molecule has 2 N–H and O–H groups in total. The monoisotopic (exact) mass is 348 g/mol. The van der Waals surface area contributed by atoms with Crippen molar-refractivity contribution in [2.45, 2.75) is 30.8 Å². The Morgan fingerprint density at radius 3 is 3.00 bits per heavy atom. The number of sulfonamides is 1. The second-order valence-electron chi connectivity index (χ2n) is 5.84. The number of benzene rings is 1. The van der Waals surface area contributed by atoms with Crippen LogP contribution < -0.4 is 10.0 Å². The quantitative estimate of drug-likeness (QED) is 0.785. The van der Waals surface area contributed by atoms with Gasteiger partial charge in [0.05, 0.1) is 17.1 Å². The van der Waals surface area contributed by atoms with Gasteiger partial charge in [-0.05, 0) is 37.1 Å². The average Bonchev–Trinajstić information content (AvgIpc) is 3.12. The van der Waals surface area contributed by atoms with Crippen molar-refractivity contribution in [3.8, 4) is 0 Å². The third-order valence-corrected chi connectivity index (χ3v) is 5.89. The van der Waals surface area contributed by atoms with Crippen LogP contribution in [0.15, 0.2) is 40.9 Å². The summed E-state index contributed by atoms with van der Waals surface area (Å²) in [4.78, 5) is 8.04. The van der Waals surface area contributed by atoms with Crippen molar-refractivity contribution < 1.29 is 8.42 Å². The molecule has 1 aliphatic rings. The highest BCUT2D eigenvalue weighted by Gasteiger charge is 2.27. The highest BCUT2D eigenvalue weighted by Crippen LogP contribution is 2.34. The molecule has 3 heterocycles. The summed E-state index contributed by atoms with van der Waals surface area (Å²) in [7, 11) is -3.66. The number of primary sulfonamides is 1. The molecule has 0 fully saturated rings. The molecule has 0 saturated carbocycles. The molecule has 0 aliphatic carbocycles. The van der Waals surface area contributed by atoms with Crippen molar-refractivity contribution in [2.24, 2.45) is 5.14 Å². The molecule has 0 amide bonds. The molecule has 0 bridgehead atoms. The van der Waals surface area contributed by atoms with Crippen LogP contribution in [-0.4, -0.2) is 23.8 Å². The van der Waals surface area contributed by atoms with Gasteiger partial charge >= 0.3 is 0 Å². The molecular weight excluding hydrogens is 332 g/mol. The van der Waals surface area contributed by atoms with Crippen LogP contribution in [0.1, 0.15) is 18.2 Å². The summed E-state index contributed by atoms with van der Waals surface area (Å²) in [5.74, 6) is 0. The molecule has 0 saturated heterocycles. The van der Waals surface area contributed by atoms with Gasteiger partial charge in [0, 0.05) is 29.5 Å². The predicted octanol–water partition coefficient (Wildman–Crippen LogP) is 1.99. The summed E-state index contributed by atoms with van der Waals surface area (Å²) in [6.45, 7) is 2.84. The maximum atomic E-state index is 11.5. The van der Waals surface area contributed by atoms with Crippen LogP contribution in [0.5, 0.6) is 0 Å². The SMILES string of the molecule is CC1Cc2cc(S(N)(=O)=O)ccc2N1Cc1cn2ccsc2n1. The van der Waals surface area contributed by atoms with Crippen molar-refractivity contribution in [3.63, 3.8) is 0 Å². The third kappa shape index (κ3) is 2.52. The van der Waals surface area contributed by atoms with Gasteiger partial charge in [-0.2, -0.15) is 0 Å². The van der Waals surface area contributed by atoms with Crippen LogP contribution in [0.4, 0.5) is 5.69 Å². The standard InChI is InChI=1S/C15H16N4O2S2/c1-10-6-11-7-13(23(16,20)21)2-3-14(11)19(10)9-12-8-18-4-5-22-15(18)17-12/h2-5,7-8,10H,6,9H2,1H3,(H2,16,20,21). The molecule has 0 spiro atoms. The summed E-state index contributed by atoms with van der Waals surface area (Å²) < 4.78 is 25.0. The summed E-state index contributed by atoms with van der Waals surface area (Å²) in [6.07, 6.45) is 4.84. The Hall–Kier alpha value is -1.90. The minimum atomic E-state index is -3.66. The lowest BCUT2D eigenvalue weighted by Crippen LogP contribution is -2.28. The van der Waals surface area contributed by atoms with Crippen LogP contribution in [0, 0.1) is 0 Å². The normalized spacial score (nSPS) is 17.8. The number of nitrogens with two attached hydrogens (primary N) is 1. The van der Waals surface area contributed by atoms with Crippen LogP contribution >= 0.6 is 11.3 Å². The smallest absolute Gasteiger partial charge is 0.238 e. The van der Waals surface area contributed by atoms with E-state index < -0.39 is 10.0 Å². The van der Waals surface area contributed by atoms with Crippen LogP contribution in [0.25, 0.3) is 4.96 Å². The van der Waals surface area contributed by atoms with Crippen LogP contribution in [-0.2, 0) is 23.0 Å². The van der Waals surface area contributed by atoms with Crippen LogP contribution in [0.3, 0.4) is 0 Å². The van der Waals surface area contributed by atoms with Crippen molar-refractivity contribution >= 4 is 32.0 Å². The van der Waals surface area contributed by atoms with E-state index in [1.54, 1.807) is 23.5 Å². The molecule has 3 aromatic rings. The number of hydrogen-bond acceptors (Lipinski definition) is 5. The summed E-state index contributed by atoms with van der Waals surface area (Å²) >= 11 is 1.61. The Kier molecular flexibility index (Phi) is 3.22. The Bertz CT molecular complexity index is 961. The molecule has 120 valence electrons. The number of aromatic nitrogens is 2. The van der Waals surface area contributed by atoms with Gasteiger partial charge in [-0.1, -0.05) is 0 Å². The lowest BCUT2D eigenvalue weighted by Gasteiger charge is -2.23. The first-order chi connectivity index (χ1) is 10.9. The number of fused-ring (bicyclic) bond motifs is 2. The molecule has 1 unspecified atom stereocenters. The molecular formula is C15H16N4O2S2. The highest BCUT2D eigenvalue weighted by molar-refractivity contribution is 7.89. The molecule has 8 heteroatoms. The van der Waals surface area contributed by atoms with E-state index in [1.165, 1.54) is 0 Å². The van der Waals surface area contributed by atoms with E-state index in [4.69, 9.17) is 5.14 Å². The van der Waals surface area contributed by atoms with Gasteiger partial charge in [0.1, 0.15) is 0 Å². The van der Waals surface area contributed by atoms with E-state index in [9.17, 15) is 8.42 Å². The zero-order chi connectivity index (χ0) is 16.2. The first-order valence-corrected chi connectivity index (χ1v) is 9.68. The van der Waals surface area contributed by atoms with Gasteiger partial charge in [0.25, 0.3) is 0 Å². The van der Waals surface area contributed by atoms with Crippen molar-refractivity contribution in [1.29, 1.82) is 0 Å². The van der Waals surface area contributed by atoms with E-state index in [0.29, 0.717) is 12.6 Å². The van der Waals surface area contributed by atoms with Gasteiger partial charge in [0.15, 0.2) is 4.96 Å². The fraction of sp³-hybridized carbons (Fsp3) is 0.267. The fourth-order valence-corrected chi connectivity index (χ4v) is 4.40. The minimum absolute atomic E-state index is 0.174. The van der Waals surface area contributed by atoms with Gasteiger partial charge in [-0.3, -0.25) is 4.40 Å². The first-order valence-electron chi connectivity index (χ1n) is 7.25. The number of thiazole rings is 1. The molecule has 4 rings (SSSR count). The number of imidazole rings is 1. The largest absolute Gasteiger partial charge is 0.362 e. The average molecular weight is 348 g/mol. The zero-order valence-corrected chi connectivity index (χ0v) is 14.1. The Morgan fingerprint density at radius 2 is 2.26 bits per heavy atom. The van der Waals surface area contributed by atoms with Gasteiger partial charge in [-0.25, -0.2) is 18.5 Å². The molecule has 6 nitrogen and oxygen atoms in total. The minimum Gasteiger partial charge on any atom is -0.362 e. The Balaban J connectivity index is 1.67. The van der Waals surface area contributed by atoms with E-state index in [-0.39, 0.29) is 4.90 Å². The second kappa shape index (κ2) is 5.05. The maximum Gasteiger partial charge on any atom is 0.238 e. The third-order valence-electron chi connectivity index (χ3n) is 4.21. The van der Waals surface area contributed by atoms with Crippen molar-refractivity contribution in [1.82, 2.24) is 9.38 Å². The lowest BCUT2D eigenvalue weighted by atomic mass is 10.1. The van der Waals surface area contributed by atoms with Gasteiger partial charge < -0.3 is 4.90 Å². The molecule has 0 radical (unpaired) electrons.